The highest BCUT2D eigenvalue weighted by atomic mass is 32.1. The summed E-state index contributed by atoms with van der Waals surface area (Å²) < 4.78 is 0. The van der Waals surface area contributed by atoms with Crippen LogP contribution in [0.15, 0.2) is 24.3 Å². The van der Waals surface area contributed by atoms with Crippen molar-refractivity contribution < 1.29 is 4.92 Å². The van der Waals surface area contributed by atoms with E-state index in [0.29, 0.717) is 28.2 Å². The summed E-state index contributed by atoms with van der Waals surface area (Å²) >= 11 is 5.35. The van der Waals surface area contributed by atoms with Gasteiger partial charge in [-0.1, -0.05) is 26.8 Å². The van der Waals surface area contributed by atoms with Crippen LogP contribution in [-0.4, -0.2) is 16.1 Å². The van der Waals surface area contributed by atoms with Gasteiger partial charge in [0, 0.05) is 23.9 Å². The summed E-state index contributed by atoms with van der Waals surface area (Å²) in [5.74, 6) is 0.668. The fourth-order valence-corrected chi connectivity index (χ4v) is 3.79. The minimum Gasteiger partial charge on any atom is -0.360 e. The van der Waals surface area contributed by atoms with Gasteiger partial charge in [-0.15, -0.1) is 0 Å². The lowest BCUT2D eigenvalue weighted by Gasteiger charge is -2.39. The molecule has 1 aliphatic carbocycles. The van der Waals surface area contributed by atoms with Crippen molar-refractivity contribution in [1.82, 2.24) is 5.32 Å². The van der Waals surface area contributed by atoms with Crippen LogP contribution in [0.4, 0.5) is 11.4 Å². The predicted octanol–water partition coefficient (Wildman–Crippen LogP) is 4.10. The minimum atomic E-state index is -0.410. The molecule has 1 aromatic rings. The molecule has 0 aliphatic heterocycles. The van der Waals surface area contributed by atoms with Crippen LogP contribution in [0.1, 0.15) is 40.0 Å². The van der Waals surface area contributed by atoms with Crippen LogP contribution in [0.2, 0.25) is 0 Å². The molecule has 5 nitrogen and oxygen atoms in total. The first-order valence-corrected chi connectivity index (χ1v) is 7.98. The molecule has 0 saturated heterocycles. The second-order valence-corrected chi connectivity index (χ2v) is 7.42. The Hall–Kier alpha value is -1.69. The van der Waals surface area contributed by atoms with Gasteiger partial charge in [0.2, 0.25) is 0 Å². The van der Waals surface area contributed by atoms with E-state index >= 15 is 0 Å². The lowest BCUT2D eigenvalue weighted by Crippen LogP contribution is -2.44. The summed E-state index contributed by atoms with van der Waals surface area (Å²) in [6, 6.07) is 6.72. The van der Waals surface area contributed by atoms with Gasteiger partial charge in [0.1, 0.15) is 0 Å². The van der Waals surface area contributed by atoms with Crippen LogP contribution >= 0.6 is 12.2 Å². The van der Waals surface area contributed by atoms with E-state index in [9.17, 15) is 10.1 Å². The fraction of sp³-hybridized carbons (Fsp3) is 0.562. The summed E-state index contributed by atoms with van der Waals surface area (Å²) in [6.45, 7) is 6.84. The van der Waals surface area contributed by atoms with Crippen molar-refractivity contribution in [3.8, 4) is 0 Å². The first-order valence-electron chi connectivity index (χ1n) is 7.57. The zero-order chi connectivity index (χ0) is 16.3. The zero-order valence-corrected chi connectivity index (χ0v) is 14.1. The number of nitro groups is 1. The van der Waals surface area contributed by atoms with E-state index in [1.165, 1.54) is 18.6 Å². The van der Waals surface area contributed by atoms with Crippen LogP contribution in [0.25, 0.3) is 0 Å². The first kappa shape index (κ1) is 16.7. The van der Waals surface area contributed by atoms with E-state index in [0.717, 1.165) is 12.8 Å². The van der Waals surface area contributed by atoms with Gasteiger partial charge in [-0.2, -0.15) is 0 Å². The van der Waals surface area contributed by atoms with Gasteiger partial charge in [0.25, 0.3) is 5.69 Å². The Balaban J connectivity index is 1.95. The number of anilines is 1. The van der Waals surface area contributed by atoms with E-state index in [1.807, 2.05) is 0 Å². The third-order valence-corrected chi connectivity index (χ3v) is 4.26. The third kappa shape index (κ3) is 4.66. The maximum Gasteiger partial charge on any atom is 0.271 e. The molecule has 22 heavy (non-hydrogen) atoms. The van der Waals surface area contributed by atoms with E-state index in [4.69, 9.17) is 12.2 Å². The Bertz CT molecular complexity index is 574. The molecule has 0 aromatic heterocycles. The normalized spacial score (nSPS) is 23.6. The van der Waals surface area contributed by atoms with Crippen molar-refractivity contribution in [1.29, 1.82) is 0 Å². The smallest absolute Gasteiger partial charge is 0.271 e. The van der Waals surface area contributed by atoms with Crippen molar-refractivity contribution in [3.05, 3.63) is 34.4 Å². The molecule has 0 heterocycles. The monoisotopic (exact) mass is 321 g/mol. The molecule has 1 fully saturated rings. The summed E-state index contributed by atoms with van der Waals surface area (Å²) in [7, 11) is 0. The number of nitro benzene ring substituents is 1. The molecule has 120 valence electrons. The van der Waals surface area contributed by atoms with E-state index in [2.05, 4.69) is 31.4 Å². The Kier molecular flexibility index (Phi) is 5.01. The van der Waals surface area contributed by atoms with Gasteiger partial charge >= 0.3 is 0 Å². The van der Waals surface area contributed by atoms with Gasteiger partial charge < -0.3 is 10.6 Å². The molecular formula is C16H23N3O2S. The Morgan fingerprint density at radius 1 is 1.41 bits per heavy atom. The molecule has 6 heteroatoms. The Labute approximate surface area is 136 Å². The van der Waals surface area contributed by atoms with E-state index in [-0.39, 0.29) is 5.69 Å². The van der Waals surface area contributed by atoms with Crippen LogP contribution in [-0.2, 0) is 0 Å². The summed E-state index contributed by atoms with van der Waals surface area (Å²) in [6.07, 6.45) is 3.41. The van der Waals surface area contributed by atoms with Crippen molar-refractivity contribution in [2.45, 2.75) is 46.1 Å². The molecule has 1 saturated carbocycles. The molecule has 0 bridgehead atoms. The predicted molar refractivity (Wildman–Crippen MR) is 93.0 cm³/mol. The average molecular weight is 321 g/mol. The van der Waals surface area contributed by atoms with Gasteiger partial charge in [-0.25, -0.2) is 0 Å². The number of rotatable bonds is 3. The molecular weight excluding hydrogens is 298 g/mol. The molecule has 0 spiro atoms. The van der Waals surface area contributed by atoms with E-state index < -0.39 is 4.92 Å². The molecule has 0 radical (unpaired) electrons. The van der Waals surface area contributed by atoms with Crippen LogP contribution in [0.3, 0.4) is 0 Å². The summed E-state index contributed by atoms with van der Waals surface area (Å²) in [5, 5.41) is 17.7. The summed E-state index contributed by atoms with van der Waals surface area (Å²) in [5.41, 5.74) is 1.01. The van der Waals surface area contributed by atoms with Gasteiger partial charge in [0.05, 0.1) is 4.92 Å². The fourth-order valence-electron chi connectivity index (χ4n) is 3.51. The molecule has 2 unspecified atom stereocenters. The second-order valence-electron chi connectivity index (χ2n) is 7.02. The number of nitrogens with one attached hydrogen (secondary N) is 2. The third-order valence-electron chi connectivity index (χ3n) is 4.04. The molecule has 0 amide bonds. The summed E-state index contributed by atoms with van der Waals surface area (Å²) in [4.78, 5) is 10.4. The highest BCUT2D eigenvalue weighted by Gasteiger charge is 2.32. The van der Waals surface area contributed by atoms with Gasteiger partial charge in [-0.3, -0.25) is 10.1 Å². The Morgan fingerprint density at radius 2 is 2.14 bits per heavy atom. The van der Waals surface area contributed by atoms with Crippen molar-refractivity contribution >= 4 is 28.7 Å². The lowest BCUT2D eigenvalue weighted by molar-refractivity contribution is -0.384. The highest BCUT2D eigenvalue weighted by Crippen LogP contribution is 2.38. The van der Waals surface area contributed by atoms with Crippen molar-refractivity contribution in [2.24, 2.45) is 11.3 Å². The lowest BCUT2D eigenvalue weighted by atomic mass is 9.71. The van der Waals surface area contributed by atoms with Crippen molar-refractivity contribution in [3.63, 3.8) is 0 Å². The highest BCUT2D eigenvalue weighted by molar-refractivity contribution is 7.80. The van der Waals surface area contributed by atoms with Crippen LogP contribution in [0, 0.1) is 21.4 Å². The molecule has 2 N–H and O–H groups in total. The van der Waals surface area contributed by atoms with Crippen LogP contribution in [0.5, 0.6) is 0 Å². The van der Waals surface area contributed by atoms with E-state index in [1.54, 1.807) is 12.1 Å². The minimum absolute atomic E-state index is 0.0558. The average Bonchev–Trinajstić information content (AvgIpc) is 2.35. The maximum atomic E-state index is 10.8. The number of non-ortho nitro benzene ring substituents is 1. The van der Waals surface area contributed by atoms with Gasteiger partial charge in [0.15, 0.2) is 5.11 Å². The topological polar surface area (TPSA) is 67.2 Å². The standard InChI is InChI=1S/C16H23N3O2S/c1-11-7-13(10-16(2,3)9-11)18-15(22)17-12-5-4-6-14(8-12)19(20)21/h4-6,8,11,13H,7,9-10H2,1-3H3,(H2,17,18,22). The maximum absolute atomic E-state index is 10.8. The zero-order valence-electron chi connectivity index (χ0n) is 13.3. The van der Waals surface area contributed by atoms with Crippen LogP contribution < -0.4 is 10.6 Å². The number of nitrogens with zero attached hydrogens (tertiary/aromatic N) is 1. The van der Waals surface area contributed by atoms with Gasteiger partial charge in [-0.05, 0) is 48.9 Å². The molecule has 2 atom stereocenters. The molecule has 1 aliphatic rings. The quantitative estimate of drug-likeness (QED) is 0.498. The number of benzene rings is 1. The molecule has 1 aromatic carbocycles. The largest absolute Gasteiger partial charge is 0.360 e. The second kappa shape index (κ2) is 6.60. The first-order chi connectivity index (χ1) is 10.2. The molecule has 2 rings (SSSR count). The number of hydrogen-bond acceptors (Lipinski definition) is 3. The SMILES string of the molecule is CC1CC(NC(=S)Nc2cccc([N+](=O)[O-])c2)CC(C)(C)C1. The van der Waals surface area contributed by atoms with Crippen molar-refractivity contribution in [2.75, 3.05) is 5.32 Å². The number of thiocarbonyl (C=S) groups is 1. The number of hydrogen-bond donors (Lipinski definition) is 2. The Morgan fingerprint density at radius 3 is 2.77 bits per heavy atom.